The standard InChI is InChI=1S/C9H8ClF2NO3/c1-15-6(14)4-5-2-3-13-8(10)7(5)16-9(11)12/h2-3,9H,4H2,1H3. The molecule has 1 rings (SSSR count). The monoisotopic (exact) mass is 251 g/mol. The fourth-order valence-electron chi connectivity index (χ4n) is 1.04. The Labute approximate surface area is 95.1 Å². The predicted molar refractivity (Wildman–Crippen MR) is 51.6 cm³/mol. The number of hydrogen-bond acceptors (Lipinski definition) is 4. The lowest BCUT2D eigenvalue weighted by Gasteiger charge is -2.10. The Morgan fingerprint density at radius 2 is 2.31 bits per heavy atom. The number of rotatable bonds is 4. The van der Waals surface area contributed by atoms with Crippen LogP contribution in [-0.2, 0) is 16.0 Å². The lowest BCUT2D eigenvalue weighted by atomic mass is 10.2. The number of alkyl halides is 2. The van der Waals surface area contributed by atoms with Crippen molar-refractivity contribution in [2.45, 2.75) is 13.0 Å². The maximum Gasteiger partial charge on any atom is 0.387 e. The van der Waals surface area contributed by atoms with Gasteiger partial charge in [0.2, 0.25) is 0 Å². The average Bonchev–Trinajstić information content (AvgIpc) is 2.22. The highest BCUT2D eigenvalue weighted by Crippen LogP contribution is 2.28. The number of methoxy groups -OCH3 is 1. The number of carbonyl (C=O) groups excluding carboxylic acids is 1. The van der Waals surface area contributed by atoms with E-state index in [9.17, 15) is 13.6 Å². The largest absolute Gasteiger partial charge is 0.469 e. The number of hydrogen-bond donors (Lipinski definition) is 0. The number of esters is 1. The first-order valence-electron chi connectivity index (χ1n) is 4.19. The molecule has 0 aliphatic rings. The zero-order valence-electron chi connectivity index (χ0n) is 8.25. The van der Waals surface area contributed by atoms with Crippen molar-refractivity contribution in [3.63, 3.8) is 0 Å². The summed E-state index contributed by atoms with van der Waals surface area (Å²) in [7, 11) is 1.19. The summed E-state index contributed by atoms with van der Waals surface area (Å²) in [6.45, 7) is -3.03. The molecule has 0 saturated carbocycles. The van der Waals surface area contributed by atoms with Gasteiger partial charge in [-0.15, -0.1) is 0 Å². The fourth-order valence-corrected chi connectivity index (χ4v) is 1.26. The molecule has 0 amide bonds. The van der Waals surface area contributed by atoms with E-state index in [0.717, 1.165) is 0 Å². The molecular weight excluding hydrogens is 244 g/mol. The first-order chi connectivity index (χ1) is 7.54. The highest BCUT2D eigenvalue weighted by atomic mass is 35.5. The molecule has 0 spiro atoms. The van der Waals surface area contributed by atoms with E-state index in [4.69, 9.17) is 11.6 Å². The number of carbonyl (C=O) groups is 1. The molecule has 0 bridgehead atoms. The van der Waals surface area contributed by atoms with Crippen molar-refractivity contribution in [3.05, 3.63) is 23.0 Å². The molecule has 0 N–H and O–H groups in total. The third-order valence-electron chi connectivity index (χ3n) is 1.71. The van der Waals surface area contributed by atoms with Crippen LogP contribution in [0.1, 0.15) is 5.56 Å². The highest BCUT2D eigenvalue weighted by molar-refractivity contribution is 6.30. The Kier molecular flexibility index (Phi) is 4.42. The first-order valence-corrected chi connectivity index (χ1v) is 4.57. The van der Waals surface area contributed by atoms with Gasteiger partial charge in [0.25, 0.3) is 0 Å². The number of ether oxygens (including phenoxy) is 2. The van der Waals surface area contributed by atoms with Crippen molar-refractivity contribution in [1.29, 1.82) is 0 Å². The summed E-state index contributed by atoms with van der Waals surface area (Å²) >= 11 is 5.58. The molecule has 0 aliphatic carbocycles. The Morgan fingerprint density at radius 3 is 2.88 bits per heavy atom. The number of aromatic nitrogens is 1. The van der Waals surface area contributed by atoms with Gasteiger partial charge in [0, 0.05) is 11.8 Å². The van der Waals surface area contributed by atoms with E-state index in [0.29, 0.717) is 0 Å². The van der Waals surface area contributed by atoms with Gasteiger partial charge in [-0.3, -0.25) is 4.79 Å². The molecule has 16 heavy (non-hydrogen) atoms. The van der Waals surface area contributed by atoms with Gasteiger partial charge in [-0.05, 0) is 6.07 Å². The van der Waals surface area contributed by atoms with Crippen LogP contribution in [0, 0.1) is 0 Å². The Bertz CT molecular complexity index is 387. The minimum absolute atomic E-state index is 0.201. The second-order valence-corrected chi connectivity index (χ2v) is 3.08. The van der Waals surface area contributed by atoms with Gasteiger partial charge in [0.15, 0.2) is 10.9 Å². The van der Waals surface area contributed by atoms with Crippen LogP contribution in [0.3, 0.4) is 0 Å². The summed E-state index contributed by atoms with van der Waals surface area (Å²) in [5.74, 6) is -0.883. The van der Waals surface area contributed by atoms with Crippen LogP contribution >= 0.6 is 11.6 Å². The zero-order chi connectivity index (χ0) is 12.1. The molecule has 7 heteroatoms. The van der Waals surface area contributed by atoms with Crippen LogP contribution in [0.4, 0.5) is 8.78 Å². The van der Waals surface area contributed by atoms with Gasteiger partial charge < -0.3 is 9.47 Å². The van der Waals surface area contributed by atoms with Crippen LogP contribution in [0.5, 0.6) is 5.75 Å². The zero-order valence-corrected chi connectivity index (χ0v) is 9.00. The molecule has 0 unspecified atom stereocenters. The van der Waals surface area contributed by atoms with Gasteiger partial charge in [-0.1, -0.05) is 11.6 Å². The summed E-state index contributed by atoms with van der Waals surface area (Å²) in [4.78, 5) is 14.6. The van der Waals surface area contributed by atoms with Crippen LogP contribution in [0.15, 0.2) is 12.3 Å². The number of nitrogens with zero attached hydrogens (tertiary/aromatic N) is 1. The van der Waals surface area contributed by atoms with Gasteiger partial charge in [0.05, 0.1) is 13.5 Å². The third-order valence-corrected chi connectivity index (χ3v) is 1.98. The highest BCUT2D eigenvalue weighted by Gasteiger charge is 2.16. The van der Waals surface area contributed by atoms with Crippen molar-refractivity contribution in [3.8, 4) is 5.75 Å². The maximum absolute atomic E-state index is 12.1. The van der Waals surface area contributed by atoms with Crippen molar-refractivity contribution < 1.29 is 23.0 Å². The molecule has 1 heterocycles. The second kappa shape index (κ2) is 5.60. The summed E-state index contributed by atoms with van der Waals surface area (Å²) in [5, 5.41) is -0.221. The van der Waals surface area contributed by atoms with E-state index in [1.165, 1.54) is 19.4 Å². The molecule has 1 aromatic heterocycles. The van der Waals surface area contributed by atoms with Gasteiger partial charge in [-0.25, -0.2) is 4.98 Å². The quantitative estimate of drug-likeness (QED) is 0.607. The summed E-state index contributed by atoms with van der Waals surface area (Å²) in [6, 6.07) is 1.36. The van der Waals surface area contributed by atoms with E-state index in [1.807, 2.05) is 0 Å². The Morgan fingerprint density at radius 1 is 1.62 bits per heavy atom. The molecule has 0 atom stereocenters. The van der Waals surface area contributed by atoms with Gasteiger partial charge >= 0.3 is 12.6 Å². The smallest absolute Gasteiger partial charge is 0.387 e. The number of pyridine rings is 1. The maximum atomic E-state index is 12.1. The topological polar surface area (TPSA) is 48.4 Å². The van der Waals surface area contributed by atoms with Crippen molar-refractivity contribution in [2.75, 3.05) is 7.11 Å². The number of halogens is 3. The van der Waals surface area contributed by atoms with Gasteiger partial charge in [0.1, 0.15) is 0 Å². The molecule has 1 aromatic rings. The van der Waals surface area contributed by atoms with Crippen LogP contribution in [0.2, 0.25) is 5.15 Å². The van der Waals surface area contributed by atoms with Crippen molar-refractivity contribution in [2.24, 2.45) is 0 Å². The third kappa shape index (κ3) is 3.30. The minimum Gasteiger partial charge on any atom is -0.469 e. The summed E-state index contributed by atoms with van der Waals surface area (Å²) < 4.78 is 32.7. The lowest BCUT2D eigenvalue weighted by Crippen LogP contribution is -2.10. The summed E-state index contributed by atoms with van der Waals surface area (Å²) in [5.41, 5.74) is 0.201. The minimum atomic E-state index is -3.03. The first kappa shape index (κ1) is 12.6. The van der Waals surface area contributed by atoms with Crippen LogP contribution < -0.4 is 4.74 Å². The van der Waals surface area contributed by atoms with E-state index in [2.05, 4.69) is 14.5 Å². The molecule has 0 aromatic carbocycles. The molecule has 0 aliphatic heterocycles. The Balaban J connectivity index is 2.98. The predicted octanol–water partition coefficient (Wildman–Crippen LogP) is 2.05. The molecule has 0 saturated heterocycles. The van der Waals surface area contributed by atoms with E-state index in [1.54, 1.807) is 0 Å². The fraction of sp³-hybridized carbons (Fsp3) is 0.333. The molecular formula is C9H8ClF2NO3. The molecule has 0 radical (unpaired) electrons. The van der Waals surface area contributed by atoms with Crippen LogP contribution in [-0.4, -0.2) is 24.7 Å². The van der Waals surface area contributed by atoms with Crippen LogP contribution in [0.25, 0.3) is 0 Å². The average molecular weight is 252 g/mol. The van der Waals surface area contributed by atoms with Gasteiger partial charge in [-0.2, -0.15) is 8.78 Å². The van der Waals surface area contributed by atoms with Crippen molar-refractivity contribution in [1.82, 2.24) is 4.98 Å². The molecule has 0 fully saturated rings. The van der Waals surface area contributed by atoms with E-state index >= 15 is 0 Å². The second-order valence-electron chi connectivity index (χ2n) is 2.72. The normalized spacial score (nSPS) is 10.3. The lowest BCUT2D eigenvalue weighted by molar-refractivity contribution is -0.139. The Hall–Kier alpha value is -1.43. The molecule has 4 nitrogen and oxygen atoms in total. The summed E-state index contributed by atoms with van der Waals surface area (Å²) in [6.07, 6.45) is 1.08. The van der Waals surface area contributed by atoms with E-state index in [-0.39, 0.29) is 22.9 Å². The SMILES string of the molecule is COC(=O)Cc1ccnc(Cl)c1OC(F)F. The van der Waals surface area contributed by atoms with Crippen molar-refractivity contribution >= 4 is 17.6 Å². The van der Waals surface area contributed by atoms with E-state index < -0.39 is 12.6 Å². The molecule has 88 valence electrons.